The van der Waals surface area contributed by atoms with Crippen molar-refractivity contribution in [2.45, 2.75) is 19.1 Å². The van der Waals surface area contributed by atoms with Gasteiger partial charge in [-0.2, -0.15) is 0 Å². The van der Waals surface area contributed by atoms with E-state index in [-0.39, 0.29) is 6.10 Å². The summed E-state index contributed by atoms with van der Waals surface area (Å²) in [6.07, 6.45) is 0.566. The quantitative estimate of drug-likeness (QED) is 0.883. The van der Waals surface area contributed by atoms with Crippen LogP contribution in [0.5, 0.6) is 5.75 Å². The summed E-state index contributed by atoms with van der Waals surface area (Å²) in [6, 6.07) is 11.2. The first kappa shape index (κ1) is 16.4. The second-order valence-electron chi connectivity index (χ2n) is 5.56. The van der Waals surface area contributed by atoms with E-state index in [0.717, 1.165) is 23.1 Å². The summed E-state index contributed by atoms with van der Waals surface area (Å²) in [5.41, 5.74) is 2.28. The van der Waals surface area contributed by atoms with Crippen molar-refractivity contribution in [1.29, 1.82) is 0 Å². The van der Waals surface area contributed by atoms with Gasteiger partial charge in [-0.05, 0) is 35.9 Å². The molecule has 4 nitrogen and oxygen atoms in total. The first-order valence-electron chi connectivity index (χ1n) is 7.67. The summed E-state index contributed by atoms with van der Waals surface area (Å²) in [7, 11) is 1.62. The highest BCUT2D eigenvalue weighted by molar-refractivity contribution is 6.01. The minimum Gasteiger partial charge on any atom is -0.497 e. The van der Waals surface area contributed by atoms with E-state index in [9.17, 15) is 8.78 Å². The Kier molecular flexibility index (Phi) is 5.05. The largest absolute Gasteiger partial charge is 0.497 e. The Balaban J connectivity index is 1.48. The molecular weight excluding hydrogens is 314 g/mol. The van der Waals surface area contributed by atoms with Gasteiger partial charge in [0, 0.05) is 31.1 Å². The van der Waals surface area contributed by atoms with Crippen molar-refractivity contribution >= 4 is 5.71 Å². The fraction of sp³-hybridized carbons (Fsp3) is 0.278. The predicted octanol–water partition coefficient (Wildman–Crippen LogP) is 3.26. The first-order valence-corrected chi connectivity index (χ1v) is 7.67. The molecule has 1 aliphatic rings. The monoisotopic (exact) mass is 332 g/mol. The van der Waals surface area contributed by atoms with Gasteiger partial charge in [0.15, 0.2) is 0 Å². The molecule has 2 aromatic carbocycles. The van der Waals surface area contributed by atoms with Crippen LogP contribution in [0.1, 0.15) is 17.5 Å². The molecule has 0 saturated heterocycles. The molecule has 0 amide bonds. The standard InChI is InChI=1S/C18H18F2N2O2/c1-23-15-6-3-12(4-7-15)18-9-16(24-22-18)11-21-10-13-2-5-14(19)8-17(13)20/h2-8,16,21H,9-11H2,1H3/t16-/m1/s1. The molecule has 1 heterocycles. The fourth-order valence-electron chi connectivity index (χ4n) is 2.52. The Bertz CT molecular complexity index is 732. The van der Waals surface area contributed by atoms with E-state index >= 15 is 0 Å². The van der Waals surface area contributed by atoms with Crippen LogP contribution in [0.15, 0.2) is 47.6 Å². The van der Waals surface area contributed by atoms with Crippen LogP contribution in [0.4, 0.5) is 8.78 Å². The maximum absolute atomic E-state index is 13.6. The van der Waals surface area contributed by atoms with E-state index in [1.807, 2.05) is 24.3 Å². The van der Waals surface area contributed by atoms with Gasteiger partial charge in [0.1, 0.15) is 23.5 Å². The molecular formula is C18H18F2N2O2. The number of hydrogen-bond acceptors (Lipinski definition) is 4. The van der Waals surface area contributed by atoms with Gasteiger partial charge in [0.2, 0.25) is 0 Å². The number of nitrogens with one attached hydrogen (secondary N) is 1. The van der Waals surface area contributed by atoms with E-state index in [1.165, 1.54) is 12.1 Å². The number of oxime groups is 1. The molecule has 0 aliphatic carbocycles. The van der Waals surface area contributed by atoms with Crippen LogP contribution in [-0.2, 0) is 11.4 Å². The first-order chi connectivity index (χ1) is 11.7. The zero-order chi connectivity index (χ0) is 16.9. The number of nitrogens with zero attached hydrogens (tertiary/aromatic N) is 1. The number of halogens is 2. The van der Waals surface area contributed by atoms with Gasteiger partial charge in [0.05, 0.1) is 12.8 Å². The van der Waals surface area contributed by atoms with E-state index < -0.39 is 11.6 Å². The lowest BCUT2D eigenvalue weighted by molar-refractivity contribution is 0.0848. The highest BCUT2D eigenvalue weighted by atomic mass is 19.1. The molecule has 0 spiro atoms. The van der Waals surface area contributed by atoms with Crippen LogP contribution in [0.3, 0.4) is 0 Å². The third-order valence-corrected chi connectivity index (χ3v) is 3.86. The molecule has 24 heavy (non-hydrogen) atoms. The molecule has 1 N–H and O–H groups in total. The van der Waals surface area contributed by atoms with Crippen LogP contribution >= 0.6 is 0 Å². The fourth-order valence-corrected chi connectivity index (χ4v) is 2.52. The van der Waals surface area contributed by atoms with Gasteiger partial charge in [0.25, 0.3) is 0 Å². The lowest BCUT2D eigenvalue weighted by Gasteiger charge is -2.10. The molecule has 0 saturated carbocycles. The number of benzene rings is 2. The molecule has 0 fully saturated rings. The normalized spacial score (nSPS) is 16.6. The molecule has 1 atom stereocenters. The van der Waals surface area contributed by atoms with Crippen LogP contribution < -0.4 is 10.1 Å². The van der Waals surface area contributed by atoms with Crippen LogP contribution in [-0.4, -0.2) is 25.5 Å². The van der Waals surface area contributed by atoms with Crippen molar-refractivity contribution < 1.29 is 18.4 Å². The van der Waals surface area contributed by atoms with Gasteiger partial charge in [-0.1, -0.05) is 11.2 Å². The minimum absolute atomic E-state index is 0.106. The van der Waals surface area contributed by atoms with Crippen LogP contribution in [0.2, 0.25) is 0 Å². The maximum Gasteiger partial charge on any atom is 0.145 e. The number of hydrogen-bond donors (Lipinski definition) is 1. The predicted molar refractivity (Wildman–Crippen MR) is 87.1 cm³/mol. The minimum atomic E-state index is -0.576. The highest BCUT2D eigenvalue weighted by Crippen LogP contribution is 2.19. The summed E-state index contributed by atoms with van der Waals surface area (Å²) < 4.78 is 31.5. The lowest BCUT2D eigenvalue weighted by Crippen LogP contribution is -2.27. The van der Waals surface area contributed by atoms with Crippen molar-refractivity contribution in [2.75, 3.05) is 13.7 Å². The van der Waals surface area contributed by atoms with Crippen LogP contribution in [0, 0.1) is 11.6 Å². The zero-order valence-corrected chi connectivity index (χ0v) is 13.3. The van der Waals surface area contributed by atoms with Gasteiger partial charge < -0.3 is 14.9 Å². The molecule has 2 aromatic rings. The van der Waals surface area contributed by atoms with Gasteiger partial charge in [-0.15, -0.1) is 0 Å². The lowest BCUT2D eigenvalue weighted by atomic mass is 10.0. The van der Waals surface area contributed by atoms with E-state index in [2.05, 4.69) is 10.5 Å². The van der Waals surface area contributed by atoms with Crippen molar-refractivity contribution in [2.24, 2.45) is 5.16 Å². The molecule has 0 aromatic heterocycles. The Morgan fingerprint density at radius 2 is 2.00 bits per heavy atom. The Labute approximate surface area is 139 Å². The van der Waals surface area contributed by atoms with E-state index in [4.69, 9.17) is 9.57 Å². The summed E-state index contributed by atoms with van der Waals surface area (Å²) in [5.74, 6) is -0.337. The van der Waals surface area contributed by atoms with Crippen molar-refractivity contribution in [3.63, 3.8) is 0 Å². The molecule has 0 bridgehead atoms. The topological polar surface area (TPSA) is 42.9 Å². The number of methoxy groups -OCH3 is 1. The number of rotatable bonds is 6. The second-order valence-corrected chi connectivity index (χ2v) is 5.56. The molecule has 0 unspecified atom stereocenters. The highest BCUT2D eigenvalue weighted by Gasteiger charge is 2.21. The smallest absolute Gasteiger partial charge is 0.145 e. The summed E-state index contributed by atoms with van der Waals surface area (Å²) in [6.45, 7) is 0.837. The summed E-state index contributed by atoms with van der Waals surface area (Å²) in [5, 5.41) is 7.22. The van der Waals surface area contributed by atoms with E-state index in [0.29, 0.717) is 25.1 Å². The molecule has 6 heteroatoms. The Morgan fingerprint density at radius 3 is 2.71 bits per heavy atom. The maximum atomic E-state index is 13.6. The van der Waals surface area contributed by atoms with E-state index in [1.54, 1.807) is 7.11 Å². The number of ether oxygens (including phenoxy) is 1. The molecule has 126 valence electrons. The Morgan fingerprint density at radius 1 is 1.21 bits per heavy atom. The third kappa shape index (κ3) is 3.89. The molecule has 1 aliphatic heterocycles. The van der Waals surface area contributed by atoms with Gasteiger partial charge >= 0.3 is 0 Å². The molecule has 0 radical (unpaired) electrons. The average molecular weight is 332 g/mol. The van der Waals surface area contributed by atoms with Gasteiger partial charge in [-0.3, -0.25) is 0 Å². The van der Waals surface area contributed by atoms with Crippen molar-refractivity contribution in [3.05, 3.63) is 65.2 Å². The van der Waals surface area contributed by atoms with Crippen LogP contribution in [0.25, 0.3) is 0 Å². The van der Waals surface area contributed by atoms with Crippen molar-refractivity contribution in [3.8, 4) is 5.75 Å². The summed E-state index contributed by atoms with van der Waals surface area (Å²) >= 11 is 0. The van der Waals surface area contributed by atoms with Crippen molar-refractivity contribution in [1.82, 2.24) is 5.32 Å². The Hall–Kier alpha value is -2.47. The summed E-state index contributed by atoms with van der Waals surface area (Å²) in [4.78, 5) is 5.40. The molecule has 3 rings (SSSR count). The van der Waals surface area contributed by atoms with Gasteiger partial charge in [-0.25, -0.2) is 8.78 Å². The SMILES string of the molecule is COc1ccc(C2=NO[C@@H](CNCc3ccc(F)cc3F)C2)cc1. The zero-order valence-electron chi connectivity index (χ0n) is 13.3. The third-order valence-electron chi connectivity index (χ3n) is 3.86. The second kappa shape index (κ2) is 7.40. The average Bonchev–Trinajstić information content (AvgIpc) is 3.06.